The van der Waals surface area contributed by atoms with Crippen LogP contribution in [0, 0.1) is 0 Å². The summed E-state index contributed by atoms with van der Waals surface area (Å²) in [6.45, 7) is 0.486. The maximum absolute atomic E-state index is 12.7. The molecule has 0 heterocycles. The van der Waals surface area contributed by atoms with Gasteiger partial charge in [0.1, 0.15) is 5.75 Å². The number of carboxylic acid groups (broad SMARTS) is 1. The average molecular weight is 324 g/mol. The second-order valence-electron chi connectivity index (χ2n) is 6.00. The third-order valence-electron chi connectivity index (χ3n) is 4.30. The van der Waals surface area contributed by atoms with Crippen molar-refractivity contribution in [3.63, 3.8) is 0 Å². The Balaban J connectivity index is 1.69. The molecule has 2 aromatic carbocycles. The van der Waals surface area contributed by atoms with Gasteiger partial charge in [-0.15, -0.1) is 0 Å². The molecule has 0 saturated heterocycles. The van der Waals surface area contributed by atoms with E-state index in [0.29, 0.717) is 19.4 Å². The smallest absolute Gasteiger partial charge is 0.303 e. The quantitative estimate of drug-likeness (QED) is 0.824. The Hall–Kier alpha value is -2.62. The van der Waals surface area contributed by atoms with Crippen LogP contribution in [0.25, 0.3) is 0 Å². The number of carbonyl (C=O) groups is 2. The number of hydrogen-bond donors (Lipinski definition) is 1. The number of carboxylic acids is 1. The van der Waals surface area contributed by atoms with Crippen LogP contribution in [0.1, 0.15) is 46.3 Å². The number of unbranched alkanes of at least 4 members (excludes halogenated alkanes) is 1. The van der Waals surface area contributed by atoms with Crippen molar-refractivity contribution in [1.29, 1.82) is 0 Å². The number of aryl methyl sites for hydroxylation is 2. The highest BCUT2D eigenvalue weighted by Crippen LogP contribution is 2.27. The van der Waals surface area contributed by atoms with E-state index < -0.39 is 5.97 Å². The van der Waals surface area contributed by atoms with Crippen molar-refractivity contribution in [3.05, 3.63) is 64.7 Å². The summed E-state index contributed by atoms with van der Waals surface area (Å²) in [6, 6.07) is 13.4. The lowest BCUT2D eigenvalue weighted by Crippen LogP contribution is -2.05. The predicted octanol–water partition coefficient (Wildman–Crippen LogP) is 3.65. The van der Waals surface area contributed by atoms with Gasteiger partial charge in [-0.1, -0.05) is 24.3 Å². The van der Waals surface area contributed by atoms with Crippen LogP contribution < -0.4 is 4.74 Å². The van der Waals surface area contributed by atoms with Crippen LogP contribution in [0.4, 0.5) is 0 Å². The fourth-order valence-corrected chi connectivity index (χ4v) is 3.03. The lowest BCUT2D eigenvalue weighted by Gasteiger charge is -2.10. The molecular weight excluding hydrogens is 304 g/mol. The molecule has 3 rings (SSSR count). The molecule has 0 bridgehead atoms. The maximum atomic E-state index is 12.7. The molecule has 1 aliphatic rings. The summed E-state index contributed by atoms with van der Waals surface area (Å²) in [5.41, 5.74) is 3.64. The fourth-order valence-electron chi connectivity index (χ4n) is 3.03. The Morgan fingerprint density at radius 2 is 1.75 bits per heavy atom. The Kier molecular flexibility index (Phi) is 4.94. The molecule has 24 heavy (non-hydrogen) atoms. The van der Waals surface area contributed by atoms with Gasteiger partial charge in [-0.05, 0) is 55.0 Å². The first-order chi connectivity index (χ1) is 11.6. The summed E-state index contributed by atoms with van der Waals surface area (Å²) < 4.78 is 5.70. The molecule has 0 amide bonds. The molecule has 0 atom stereocenters. The molecular formula is C20H20O4. The van der Waals surface area contributed by atoms with Crippen LogP contribution in [0.15, 0.2) is 42.5 Å². The van der Waals surface area contributed by atoms with Gasteiger partial charge in [0.25, 0.3) is 0 Å². The Morgan fingerprint density at radius 3 is 2.58 bits per heavy atom. The van der Waals surface area contributed by atoms with Crippen LogP contribution in [0.5, 0.6) is 5.75 Å². The highest BCUT2D eigenvalue weighted by atomic mass is 16.5. The fraction of sp³-hybridized carbons (Fsp3) is 0.300. The minimum Gasteiger partial charge on any atom is -0.494 e. The number of benzene rings is 2. The van der Waals surface area contributed by atoms with Gasteiger partial charge in [0.15, 0.2) is 5.78 Å². The van der Waals surface area contributed by atoms with Gasteiger partial charge in [0.05, 0.1) is 6.61 Å². The first-order valence-electron chi connectivity index (χ1n) is 8.25. The Labute approximate surface area is 141 Å². The molecule has 0 aliphatic heterocycles. The second kappa shape index (κ2) is 7.30. The van der Waals surface area contributed by atoms with Gasteiger partial charge in [-0.25, -0.2) is 0 Å². The summed E-state index contributed by atoms with van der Waals surface area (Å²) >= 11 is 0. The zero-order valence-corrected chi connectivity index (χ0v) is 13.5. The van der Waals surface area contributed by atoms with Gasteiger partial charge < -0.3 is 9.84 Å². The lowest BCUT2D eigenvalue weighted by atomic mass is 9.99. The van der Waals surface area contributed by atoms with Gasteiger partial charge in [0.2, 0.25) is 0 Å². The standard InChI is InChI=1S/C20H20O4/c21-19(22)7-3-4-12-24-16-10-11-18-15(13-16)9-8-14-5-1-2-6-17(14)20(18)23/h1-2,5-6,10-11,13H,3-4,7-9,12H2,(H,21,22). The molecule has 0 aromatic heterocycles. The summed E-state index contributed by atoms with van der Waals surface area (Å²) in [7, 11) is 0. The van der Waals surface area contributed by atoms with Crippen LogP contribution in [0.3, 0.4) is 0 Å². The number of aliphatic carboxylic acids is 1. The maximum Gasteiger partial charge on any atom is 0.303 e. The van der Waals surface area contributed by atoms with Crippen molar-refractivity contribution in [1.82, 2.24) is 0 Å². The third kappa shape index (κ3) is 3.65. The van der Waals surface area contributed by atoms with Crippen molar-refractivity contribution in [2.45, 2.75) is 32.1 Å². The van der Waals surface area contributed by atoms with E-state index >= 15 is 0 Å². The normalized spacial score (nSPS) is 12.9. The molecule has 1 N–H and O–H groups in total. The van der Waals surface area contributed by atoms with Crippen molar-refractivity contribution < 1.29 is 19.4 Å². The summed E-state index contributed by atoms with van der Waals surface area (Å²) in [4.78, 5) is 23.2. The van der Waals surface area contributed by atoms with E-state index in [2.05, 4.69) is 0 Å². The van der Waals surface area contributed by atoms with Crippen molar-refractivity contribution in [2.75, 3.05) is 6.61 Å². The number of fused-ring (bicyclic) bond motifs is 2. The van der Waals surface area contributed by atoms with E-state index in [9.17, 15) is 9.59 Å². The van der Waals surface area contributed by atoms with E-state index in [1.165, 1.54) is 0 Å². The largest absolute Gasteiger partial charge is 0.494 e. The van der Waals surface area contributed by atoms with E-state index in [1.807, 2.05) is 42.5 Å². The molecule has 2 aromatic rings. The highest BCUT2D eigenvalue weighted by Gasteiger charge is 2.21. The predicted molar refractivity (Wildman–Crippen MR) is 90.7 cm³/mol. The zero-order chi connectivity index (χ0) is 16.9. The minimum atomic E-state index is -0.780. The lowest BCUT2D eigenvalue weighted by molar-refractivity contribution is -0.137. The molecule has 124 valence electrons. The van der Waals surface area contributed by atoms with Gasteiger partial charge in [-0.3, -0.25) is 9.59 Å². The van der Waals surface area contributed by atoms with Crippen molar-refractivity contribution in [3.8, 4) is 5.75 Å². The molecule has 0 fully saturated rings. The van der Waals surface area contributed by atoms with Crippen LogP contribution in [0.2, 0.25) is 0 Å². The average Bonchev–Trinajstić information content (AvgIpc) is 2.72. The monoisotopic (exact) mass is 324 g/mol. The Morgan fingerprint density at radius 1 is 1.00 bits per heavy atom. The molecule has 0 unspecified atom stereocenters. The Bertz CT molecular complexity index is 764. The molecule has 1 aliphatic carbocycles. The van der Waals surface area contributed by atoms with E-state index in [1.54, 1.807) is 0 Å². The zero-order valence-electron chi connectivity index (χ0n) is 13.5. The van der Waals surface area contributed by atoms with Gasteiger partial charge >= 0.3 is 5.97 Å². The van der Waals surface area contributed by atoms with Gasteiger partial charge in [0, 0.05) is 17.5 Å². The van der Waals surface area contributed by atoms with Crippen molar-refractivity contribution >= 4 is 11.8 Å². The molecule has 4 nitrogen and oxygen atoms in total. The van der Waals surface area contributed by atoms with E-state index in [0.717, 1.165) is 40.8 Å². The molecule has 0 saturated carbocycles. The number of rotatable bonds is 6. The van der Waals surface area contributed by atoms with Gasteiger partial charge in [-0.2, -0.15) is 0 Å². The number of hydrogen-bond acceptors (Lipinski definition) is 3. The first kappa shape index (κ1) is 16.2. The van der Waals surface area contributed by atoms with Crippen LogP contribution >= 0.6 is 0 Å². The summed E-state index contributed by atoms with van der Waals surface area (Å²) in [5, 5.41) is 8.62. The number of ether oxygens (including phenoxy) is 1. The minimum absolute atomic E-state index is 0.0751. The SMILES string of the molecule is O=C(O)CCCCOc1ccc2c(c1)CCc1ccccc1C2=O. The van der Waals surface area contributed by atoms with E-state index in [-0.39, 0.29) is 12.2 Å². The number of ketones is 1. The topological polar surface area (TPSA) is 63.6 Å². The third-order valence-corrected chi connectivity index (χ3v) is 4.30. The van der Waals surface area contributed by atoms with Crippen LogP contribution in [-0.2, 0) is 17.6 Å². The van der Waals surface area contributed by atoms with Crippen molar-refractivity contribution in [2.24, 2.45) is 0 Å². The van der Waals surface area contributed by atoms with E-state index in [4.69, 9.17) is 9.84 Å². The first-order valence-corrected chi connectivity index (χ1v) is 8.25. The highest BCUT2D eigenvalue weighted by molar-refractivity contribution is 6.11. The molecule has 0 spiro atoms. The summed E-state index contributed by atoms with van der Waals surface area (Å²) in [5.74, 6) is 0.0343. The molecule has 4 heteroatoms. The van der Waals surface area contributed by atoms with Crippen LogP contribution in [-0.4, -0.2) is 23.5 Å². The molecule has 0 radical (unpaired) electrons. The summed E-state index contributed by atoms with van der Waals surface area (Å²) in [6.07, 6.45) is 3.13. The second-order valence-corrected chi connectivity index (χ2v) is 6.00. The number of carbonyl (C=O) groups excluding carboxylic acids is 1.